The summed E-state index contributed by atoms with van der Waals surface area (Å²) in [6, 6.07) is 3.47. The summed E-state index contributed by atoms with van der Waals surface area (Å²) in [6.07, 6.45) is 2.96. The van der Waals surface area contributed by atoms with E-state index >= 15 is 0 Å². The molecule has 2 aromatic heterocycles. The number of hydrogen-bond acceptors (Lipinski definition) is 4. The Morgan fingerprint density at radius 2 is 1.54 bits per heavy atom. The van der Waals surface area contributed by atoms with Crippen molar-refractivity contribution in [1.29, 1.82) is 0 Å². The minimum Gasteiger partial charge on any atom is -0.459 e. The third kappa shape index (κ3) is 3.69. The van der Waals surface area contributed by atoms with E-state index in [0.717, 1.165) is 11.1 Å². The second kappa shape index (κ2) is 6.95. The quantitative estimate of drug-likeness (QED) is 0.851. The number of nitrogens with one attached hydrogen (secondary N) is 2. The van der Waals surface area contributed by atoms with E-state index in [1.54, 1.807) is 12.1 Å². The molecule has 6 heteroatoms. The van der Waals surface area contributed by atoms with Crippen molar-refractivity contribution in [2.75, 3.05) is 6.54 Å². The largest absolute Gasteiger partial charge is 0.459 e. The van der Waals surface area contributed by atoms with Crippen LogP contribution in [0.15, 0.2) is 33.5 Å². The van der Waals surface area contributed by atoms with Crippen LogP contribution in [-0.2, 0) is 0 Å². The molecule has 2 amide bonds. The molecule has 24 heavy (non-hydrogen) atoms. The predicted octanol–water partition coefficient (Wildman–Crippen LogP) is 3.06. The maximum absolute atomic E-state index is 12.4. The molecule has 0 fully saturated rings. The summed E-state index contributed by atoms with van der Waals surface area (Å²) in [5.41, 5.74) is 0.912. The van der Waals surface area contributed by atoms with Gasteiger partial charge in [-0.05, 0) is 38.8 Å². The molecule has 2 rings (SSSR count). The molecule has 0 radical (unpaired) electrons. The lowest BCUT2D eigenvalue weighted by molar-refractivity contribution is 0.0814. The highest BCUT2D eigenvalue weighted by atomic mass is 16.3. The summed E-state index contributed by atoms with van der Waals surface area (Å²) in [7, 11) is 0. The molecule has 2 N–H and O–H groups in total. The Kier molecular flexibility index (Phi) is 5.17. The van der Waals surface area contributed by atoms with Crippen LogP contribution >= 0.6 is 0 Å². The molecule has 0 bridgehead atoms. The Morgan fingerprint density at radius 1 is 1.04 bits per heavy atom. The molecule has 1 unspecified atom stereocenters. The van der Waals surface area contributed by atoms with Gasteiger partial charge in [0.15, 0.2) is 11.5 Å². The number of hydrogen-bond donors (Lipinski definition) is 2. The van der Waals surface area contributed by atoms with Crippen LogP contribution < -0.4 is 10.6 Å². The van der Waals surface area contributed by atoms with E-state index in [9.17, 15) is 9.59 Å². The molecule has 6 nitrogen and oxygen atoms in total. The summed E-state index contributed by atoms with van der Waals surface area (Å²) in [4.78, 5) is 24.7. The maximum atomic E-state index is 12.4. The molecule has 2 heterocycles. The normalized spacial score (nSPS) is 13.6. The fourth-order valence-electron chi connectivity index (χ4n) is 2.26. The van der Waals surface area contributed by atoms with Crippen molar-refractivity contribution in [3.63, 3.8) is 0 Å². The number of aryl methyl sites for hydroxylation is 2. The van der Waals surface area contributed by atoms with Gasteiger partial charge in [0.05, 0.1) is 18.1 Å². The molecule has 0 saturated heterocycles. The highest BCUT2D eigenvalue weighted by molar-refractivity contribution is 5.94. The Morgan fingerprint density at radius 3 is 1.96 bits per heavy atom. The van der Waals surface area contributed by atoms with Gasteiger partial charge >= 0.3 is 0 Å². The third-order valence-electron chi connectivity index (χ3n) is 4.43. The summed E-state index contributed by atoms with van der Waals surface area (Å²) >= 11 is 0. The Bertz CT molecular complexity index is 729. The minimum atomic E-state index is -0.632. The average molecular weight is 332 g/mol. The number of rotatable bonds is 6. The van der Waals surface area contributed by atoms with Gasteiger partial charge in [-0.3, -0.25) is 9.59 Å². The summed E-state index contributed by atoms with van der Waals surface area (Å²) in [5, 5.41) is 5.81. The van der Waals surface area contributed by atoms with Gasteiger partial charge in [-0.1, -0.05) is 13.8 Å². The van der Waals surface area contributed by atoms with E-state index in [1.165, 1.54) is 12.5 Å². The van der Waals surface area contributed by atoms with Crippen molar-refractivity contribution in [1.82, 2.24) is 10.6 Å². The summed E-state index contributed by atoms with van der Waals surface area (Å²) in [6.45, 7) is 9.76. The lowest BCUT2D eigenvalue weighted by atomic mass is 9.88. The first-order valence-corrected chi connectivity index (χ1v) is 7.93. The van der Waals surface area contributed by atoms with Crippen molar-refractivity contribution in [3.8, 4) is 0 Å². The van der Waals surface area contributed by atoms with Crippen LogP contribution in [0.3, 0.4) is 0 Å². The lowest BCUT2D eigenvalue weighted by Gasteiger charge is -2.34. The molecule has 2 aromatic rings. The standard InChI is InChI=1S/C18H24N2O4/c1-11(2)18(5,20-17(22)15-13(4)7-9-24-15)10-19-16(21)14-12(3)6-8-23-14/h6-9,11H,10H2,1-5H3,(H,19,21)(H,20,22). The van der Waals surface area contributed by atoms with Crippen molar-refractivity contribution in [2.45, 2.75) is 40.2 Å². The molecular weight excluding hydrogens is 308 g/mol. The zero-order valence-corrected chi connectivity index (χ0v) is 14.7. The van der Waals surface area contributed by atoms with Crippen molar-refractivity contribution in [2.24, 2.45) is 5.92 Å². The second-order valence-electron chi connectivity index (χ2n) is 6.57. The molecule has 1 atom stereocenters. The fraction of sp³-hybridized carbons (Fsp3) is 0.444. The molecule has 0 spiro atoms. The highest BCUT2D eigenvalue weighted by Crippen LogP contribution is 2.18. The van der Waals surface area contributed by atoms with Gasteiger partial charge in [0.1, 0.15) is 0 Å². The number of amides is 2. The van der Waals surface area contributed by atoms with Gasteiger partial charge in [-0.2, -0.15) is 0 Å². The first kappa shape index (κ1) is 17.8. The second-order valence-corrected chi connectivity index (χ2v) is 6.57. The van der Waals surface area contributed by atoms with Crippen LogP contribution in [0.5, 0.6) is 0 Å². The van der Waals surface area contributed by atoms with Gasteiger partial charge in [0.2, 0.25) is 0 Å². The van der Waals surface area contributed by atoms with Gasteiger partial charge in [-0.15, -0.1) is 0 Å². The smallest absolute Gasteiger partial charge is 0.287 e. The van der Waals surface area contributed by atoms with Gasteiger partial charge in [-0.25, -0.2) is 0 Å². The van der Waals surface area contributed by atoms with E-state index < -0.39 is 5.54 Å². The zero-order chi connectivity index (χ0) is 17.9. The van der Waals surface area contributed by atoms with Gasteiger partial charge in [0.25, 0.3) is 11.8 Å². The van der Waals surface area contributed by atoms with Crippen LogP contribution in [0.4, 0.5) is 0 Å². The van der Waals surface area contributed by atoms with Crippen LogP contribution in [0.2, 0.25) is 0 Å². The topological polar surface area (TPSA) is 84.5 Å². The zero-order valence-electron chi connectivity index (χ0n) is 14.7. The predicted molar refractivity (Wildman–Crippen MR) is 89.9 cm³/mol. The van der Waals surface area contributed by atoms with E-state index in [2.05, 4.69) is 10.6 Å². The molecule has 0 aromatic carbocycles. The molecular formula is C18H24N2O4. The van der Waals surface area contributed by atoms with Gasteiger partial charge < -0.3 is 19.5 Å². The van der Waals surface area contributed by atoms with E-state index in [-0.39, 0.29) is 35.8 Å². The minimum absolute atomic E-state index is 0.0923. The maximum Gasteiger partial charge on any atom is 0.287 e. The van der Waals surface area contributed by atoms with Gasteiger partial charge in [0, 0.05) is 17.7 Å². The highest BCUT2D eigenvalue weighted by Gasteiger charge is 2.32. The lowest BCUT2D eigenvalue weighted by Crippen LogP contribution is -2.57. The van der Waals surface area contributed by atoms with E-state index in [1.807, 2.05) is 34.6 Å². The molecule has 130 valence electrons. The van der Waals surface area contributed by atoms with Crippen LogP contribution in [0.25, 0.3) is 0 Å². The molecule has 0 aliphatic heterocycles. The Labute approximate surface area is 141 Å². The van der Waals surface area contributed by atoms with Crippen molar-refractivity contribution in [3.05, 3.63) is 47.3 Å². The molecule has 0 aliphatic rings. The first-order valence-electron chi connectivity index (χ1n) is 7.93. The van der Waals surface area contributed by atoms with E-state index in [0.29, 0.717) is 0 Å². The Hall–Kier alpha value is -2.50. The fourth-order valence-corrected chi connectivity index (χ4v) is 2.26. The number of carbonyl (C=O) groups is 2. The van der Waals surface area contributed by atoms with Crippen LogP contribution in [0.1, 0.15) is 53.0 Å². The summed E-state index contributed by atoms with van der Waals surface area (Å²) in [5.74, 6) is 0.0732. The Balaban J connectivity index is 2.07. The monoisotopic (exact) mass is 332 g/mol. The third-order valence-corrected chi connectivity index (χ3v) is 4.43. The van der Waals surface area contributed by atoms with Crippen LogP contribution in [-0.4, -0.2) is 23.9 Å². The summed E-state index contributed by atoms with van der Waals surface area (Å²) < 4.78 is 10.4. The number of furan rings is 2. The first-order chi connectivity index (χ1) is 11.2. The van der Waals surface area contributed by atoms with Crippen LogP contribution in [0, 0.1) is 19.8 Å². The molecule has 0 saturated carbocycles. The average Bonchev–Trinajstić information content (AvgIpc) is 3.13. The molecule has 0 aliphatic carbocycles. The SMILES string of the molecule is Cc1ccoc1C(=O)NCC(C)(NC(=O)c1occc1C)C(C)C. The van der Waals surface area contributed by atoms with E-state index in [4.69, 9.17) is 8.83 Å². The van der Waals surface area contributed by atoms with Crippen molar-refractivity contribution >= 4 is 11.8 Å². The number of carbonyl (C=O) groups excluding carboxylic acids is 2. The van der Waals surface area contributed by atoms with Crippen molar-refractivity contribution < 1.29 is 18.4 Å².